The fraction of sp³-hybridized carbons (Fsp3) is 0.500. The van der Waals surface area contributed by atoms with E-state index in [0.717, 1.165) is 6.07 Å². The van der Waals surface area contributed by atoms with Crippen molar-refractivity contribution in [3.05, 3.63) is 33.8 Å². The number of hydrogen-bond acceptors (Lipinski definition) is 1. The third-order valence-corrected chi connectivity index (χ3v) is 4.09. The van der Waals surface area contributed by atoms with Crippen molar-refractivity contribution >= 4 is 21.8 Å². The normalized spacial score (nSPS) is 12.4. The lowest BCUT2D eigenvalue weighted by Crippen LogP contribution is -2.45. The first kappa shape index (κ1) is 17.0. The minimum atomic E-state index is -4.56. The Labute approximate surface area is 125 Å². The van der Waals surface area contributed by atoms with Gasteiger partial charge in [-0.05, 0) is 38.5 Å². The lowest BCUT2D eigenvalue weighted by molar-refractivity contribution is -0.138. The van der Waals surface area contributed by atoms with Gasteiger partial charge in [0, 0.05) is 17.1 Å². The fourth-order valence-corrected chi connectivity index (χ4v) is 1.99. The highest BCUT2D eigenvalue weighted by Gasteiger charge is 2.37. The van der Waals surface area contributed by atoms with Gasteiger partial charge >= 0.3 is 6.18 Å². The van der Waals surface area contributed by atoms with Crippen LogP contribution in [0.5, 0.6) is 0 Å². The average Bonchev–Trinajstić information content (AvgIpc) is 2.35. The van der Waals surface area contributed by atoms with E-state index < -0.39 is 23.2 Å². The molecule has 0 heterocycles. The number of amides is 1. The molecule has 1 amide bonds. The SMILES string of the molecule is CCC(C)(C)N(C)C(=O)c1ccc(Br)cc1C(F)(F)F. The first-order valence-electron chi connectivity index (χ1n) is 6.15. The molecule has 0 fully saturated rings. The molecule has 0 aliphatic rings. The molecule has 0 unspecified atom stereocenters. The highest BCUT2D eigenvalue weighted by atomic mass is 79.9. The van der Waals surface area contributed by atoms with Crippen LogP contribution in [0, 0.1) is 0 Å². The Kier molecular flexibility index (Phi) is 4.90. The second-order valence-corrected chi connectivity index (χ2v) is 6.13. The van der Waals surface area contributed by atoms with E-state index in [2.05, 4.69) is 15.9 Å². The Morgan fingerprint density at radius 1 is 1.30 bits per heavy atom. The Hall–Kier alpha value is -1.04. The van der Waals surface area contributed by atoms with E-state index in [-0.39, 0.29) is 5.56 Å². The van der Waals surface area contributed by atoms with Crippen molar-refractivity contribution in [1.82, 2.24) is 4.90 Å². The van der Waals surface area contributed by atoms with Crippen LogP contribution >= 0.6 is 15.9 Å². The number of nitrogens with zero attached hydrogens (tertiary/aromatic N) is 1. The zero-order chi connectivity index (χ0) is 15.7. The molecule has 0 atom stereocenters. The molecule has 0 aliphatic heterocycles. The second-order valence-electron chi connectivity index (χ2n) is 5.22. The standard InChI is InChI=1S/C14H17BrF3NO/c1-5-13(2,3)19(4)12(20)10-7-6-9(15)8-11(10)14(16,17)18/h6-8H,5H2,1-4H3. The van der Waals surface area contributed by atoms with Gasteiger partial charge in [0.15, 0.2) is 0 Å². The van der Waals surface area contributed by atoms with Gasteiger partial charge in [0.05, 0.1) is 11.1 Å². The number of rotatable bonds is 3. The van der Waals surface area contributed by atoms with Crippen LogP contribution in [-0.2, 0) is 6.18 Å². The van der Waals surface area contributed by atoms with E-state index in [0.29, 0.717) is 10.9 Å². The van der Waals surface area contributed by atoms with E-state index in [4.69, 9.17) is 0 Å². The maximum absolute atomic E-state index is 13.0. The van der Waals surface area contributed by atoms with Gasteiger partial charge in [-0.2, -0.15) is 13.2 Å². The van der Waals surface area contributed by atoms with Gasteiger partial charge in [-0.3, -0.25) is 4.79 Å². The topological polar surface area (TPSA) is 20.3 Å². The quantitative estimate of drug-likeness (QED) is 0.770. The number of carbonyl (C=O) groups excluding carboxylic acids is 1. The van der Waals surface area contributed by atoms with Gasteiger partial charge in [-0.1, -0.05) is 22.9 Å². The first-order valence-corrected chi connectivity index (χ1v) is 6.95. The zero-order valence-electron chi connectivity index (χ0n) is 11.8. The van der Waals surface area contributed by atoms with Crippen molar-refractivity contribution in [3.63, 3.8) is 0 Å². The summed E-state index contributed by atoms with van der Waals surface area (Å²) in [6.45, 7) is 5.52. The molecule has 20 heavy (non-hydrogen) atoms. The summed E-state index contributed by atoms with van der Waals surface area (Å²) in [6, 6.07) is 3.58. The summed E-state index contributed by atoms with van der Waals surface area (Å²) < 4.78 is 39.4. The largest absolute Gasteiger partial charge is 0.417 e. The predicted octanol–water partition coefficient (Wildman–Crippen LogP) is 4.73. The molecule has 1 aromatic carbocycles. The van der Waals surface area contributed by atoms with Crippen LogP contribution in [0.15, 0.2) is 22.7 Å². The minimum Gasteiger partial charge on any atom is -0.337 e. The number of halogens is 4. The lowest BCUT2D eigenvalue weighted by atomic mass is 9.97. The molecule has 0 N–H and O–H groups in total. The Balaban J connectivity index is 3.30. The number of carbonyl (C=O) groups is 1. The molecular formula is C14H17BrF3NO. The van der Waals surface area contributed by atoms with Crippen LogP contribution in [0.3, 0.4) is 0 Å². The van der Waals surface area contributed by atoms with E-state index in [9.17, 15) is 18.0 Å². The van der Waals surface area contributed by atoms with Crippen LogP contribution in [0.1, 0.15) is 43.1 Å². The fourth-order valence-electron chi connectivity index (χ4n) is 1.63. The summed E-state index contributed by atoms with van der Waals surface area (Å²) in [5.74, 6) is -0.628. The molecule has 0 saturated carbocycles. The van der Waals surface area contributed by atoms with Crippen molar-refractivity contribution in [2.45, 2.75) is 38.9 Å². The predicted molar refractivity (Wildman–Crippen MR) is 75.6 cm³/mol. The van der Waals surface area contributed by atoms with E-state index >= 15 is 0 Å². The van der Waals surface area contributed by atoms with Crippen LogP contribution < -0.4 is 0 Å². The molecular weight excluding hydrogens is 335 g/mol. The molecule has 1 aromatic rings. The van der Waals surface area contributed by atoms with Crippen molar-refractivity contribution < 1.29 is 18.0 Å². The Morgan fingerprint density at radius 2 is 1.85 bits per heavy atom. The molecule has 112 valence electrons. The number of alkyl halides is 3. The summed E-state index contributed by atoms with van der Waals surface area (Å²) in [4.78, 5) is 13.7. The van der Waals surface area contributed by atoms with Gasteiger partial charge in [0.25, 0.3) is 5.91 Å². The molecule has 0 spiro atoms. The summed E-state index contributed by atoms with van der Waals surface area (Å²) in [7, 11) is 1.52. The van der Waals surface area contributed by atoms with E-state index in [1.54, 1.807) is 0 Å². The minimum absolute atomic E-state index is 0.291. The summed E-state index contributed by atoms with van der Waals surface area (Å²) in [5.41, 5.74) is -1.76. The highest BCUT2D eigenvalue weighted by molar-refractivity contribution is 9.10. The van der Waals surface area contributed by atoms with Gasteiger partial charge in [0.1, 0.15) is 0 Å². The van der Waals surface area contributed by atoms with Crippen LogP contribution in [-0.4, -0.2) is 23.4 Å². The van der Waals surface area contributed by atoms with Crippen molar-refractivity contribution in [1.29, 1.82) is 0 Å². The van der Waals surface area contributed by atoms with Gasteiger partial charge in [-0.15, -0.1) is 0 Å². The molecule has 0 aromatic heterocycles. The zero-order valence-corrected chi connectivity index (χ0v) is 13.4. The Bertz CT molecular complexity index is 512. The summed E-state index contributed by atoms with van der Waals surface area (Å²) in [5, 5.41) is 0. The van der Waals surface area contributed by atoms with Crippen LogP contribution in [0.2, 0.25) is 0 Å². The summed E-state index contributed by atoms with van der Waals surface area (Å²) in [6.07, 6.45) is -3.92. The molecule has 0 aliphatic carbocycles. The van der Waals surface area contributed by atoms with Crippen molar-refractivity contribution in [2.24, 2.45) is 0 Å². The van der Waals surface area contributed by atoms with Gasteiger partial charge in [0.2, 0.25) is 0 Å². The van der Waals surface area contributed by atoms with E-state index in [1.165, 1.54) is 24.1 Å². The van der Waals surface area contributed by atoms with Crippen LogP contribution in [0.25, 0.3) is 0 Å². The van der Waals surface area contributed by atoms with Gasteiger partial charge < -0.3 is 4.90 Å². The van der Waals surface area contributed by atoms with Crippen molar-refractivity contribution in [3.8, 4) is 0 Å². The number of benzene rings is 1. The maximum Gasteiger partial charge on any atom is 0.417 e. The molecule has 6 heteroatoms. The van der Waals surface area contributed by atoms with Crippen LogP contribution in [0.4, 0.5) is 13.2 Å². The highest BCUT2D eigenvalue weighted by Crippen LogP contribution is 2.35. The molecule has 0 saturated heterocycles. The first-order chi connectivity index (χ1) is 9.00. The second kappa shape index (κ2) is 5.76. The molecule has 0 bridgehead atoms. The smallest absolute Gasteiger partial charge is 0.337 e. The van der Waals surface area contributed by atoms with Gasteiger partial charge in [-0.25, -0.2) is 0 Å². The molecule has 0 radical (unpaired) electrons. The number of hydrogen-bond donors (Lipinski definition) is 0. The molecule has 1 rings (SSSR count). The molecule has 2 nitrogen and oxygen atoms in total. The third kappa shape index (κ3) is 3.53. The summed E-state index contributed by atoms with van der Waals surface area (Å²) >= 11 is 3.00. The average molecular weight is 352 g/mol. The Morgan fingerprint density at radius 3 is 2.30 bits per heavy atom. The third-order valence-electron chi connectivity index (χ3n) is 3.60. The van der Waals surface area contributed by atoms with Crippen molar-refractivity contribution in [2.75, 3.05) is 7.05 Å². The van der Waals surface area contributed by atoms with E-state index in [1.807, 2.05) is 20.8 Å². The monoisotopic (exact) mass is 351 g/mol. The lowest BCUT2D eigenvalue weighted by Gasteiger charge is -2.35. The maximum atomic E-state index is 13.0.